The first-order valence-electron chi connectivity index (χ1n) is 7.13. The minimum absolute atomic E-state index is 0.193. The molecular formula is C18H26O2. The Hall–Kier alpha value is -1.57. The number of esters is 1. The summed E-state index contributed by atoms with van der Waals surface area (Å²) in [4.78, 5) is 11.9. The van der Waals surface area contributed by atoms with Gasteiger partial charge in [-0.25, -0.2) is 0 Å². The minimum atomic E-state index is -0.587. The van der Waals surface area contributed by atoms with Crippen molar-refractivity contribution in [3.63, 3.8) is 0 Å². The number of carbonyl (C=O) groups is 1. The first kappa shape index (κ1) is 16.5. The highest BCUT2D eigenvalue weighted by Crippen LogP contribution is 2.33. The molecule has 0 bridgehead atoms. The SMILES string of the molecule is COC(=O)C(C)(C)/C(C)=C/C(c1ccccc1)C(C)C. The van der Waals surface area contributed by atoms with Crippen LogP contribution in [0.1, 0.15) is 46.1 Å². The maximum absolute atomic E-state index is 11.9. The summed E-state index contributed by atoms with van der Waals surface area (Å²) in [5.41, 5.74) is 1.74. The first-order valence-corrected chi connectivity index (χ1v) is 7.13. The zero-order chi connectivity index (χ0) is 15.3. The van der Waals surface area contributed by atoms with Crippen LogP contribution in [-0.4, -0.2) is 13.1 Å². The van der Waals surface area contributed by atoms with E-state index in [4.69, 9.17) is 4.74 Å². The Kier molecular flexibility index (Phi) is 5.55. The Labute approximate surface area is 122 Å². The third kappa shape index (κ3) is 3.72. The highest BCUT2D eigenvalue weighted by molar-refractivity contribution is 5.79. The van der Waals surface area contributed by atoms with Gasteiger partial charge in [-0.05, 0) is 32.3 Å². The fourth-order valence-electron chi connectivity index (χ4n) is 2.24. The number of carbonyl (C=O) groups excluding carboxylic acids is 1. The summed E-state index contributed by atoms with van der Waals surface area (Å²) in [7, 11) is 1.44. The van der Waals surface area contributed by atoms with E-state index < -0.39 is 5.41 Å². The van der Waals surface area contributed by atoms with Gasteiger partial charge < -0.3 is 4.74 Å². The highest BCUT2D eigenvalue weighted by Gasteiger charge is 2.31. The molecule has 20 heavy (non-hydrogen) atoms. The molecule has 1 aromatic carbocycles. The van der Waals surface area contributed by atoms with Gasteiger partial charge in [-0.2, -0.15) is 0 Å². The zero-order valence-corrected chi connectivity index (χ0v) is 13.4. The molecule has 2 heteroatoms. The van der Waals surface area contributed by atoms with Crippen molar-refractivity contribution in [2.45, 2.75) is 40.5 Å². The lowest BCUT2D eigenvalue weighted by molar-refractivity contribution is -0.148. The van der Waals surface area contributed by atoms with Crippen LogP contribution in [0.3, 0.4) is 0 Å². The molecule has 2 nitrogen and oxygen atoms in total. The Balaban J connectivity index is 3.12. The summed E-state index contributed by atoms with van der Waals surface area (Å²) >= 11 is 0. The number of allylic oxidation sites excluding steroid dienone is 1. The molecule has 0 aliphatic rings. The number of hydrogen-bond donors (Lipinski definition) is 0. The molecule has 0 saturated carbocycles. The van der Waals surface area contributed by atoms with Gasteiger partial charge in [0.2, 0.25) is 0 Å². The van der Waals surface area contributed by atoms with Crippen LogP contribution < -0.4 is 0 Å². The van der Waals surface area contributed by atoms with Crippen molar-refractivity contribution in [2.24, 2.45) is 11.3 Å². The van der Waals surface area contributed by atoms with E-state index in [0.717, 1.165) is 5.57 Å². The molecule has 0 saturated heterocycles. The number of benzene rings is 1. The smallest absolute Gasteiger partial charge is 0.315 e. The van der Waals surface area contributed by atoms with Crippen molar-refractivity contribution in [3.8, 4) is 0 Å². The number of rotatable bonds is 5. The van der Waals surface area contributed by atoms with E-state index >= 15 is 0 Å². The fraction of sp³-hybridized carbons (Fsp3) is 0.500. The molecular weight excluding hydrogens is 248 g/mol. The second-order valence-corrected chi connectivity index (χ2v) is 6.15. The van der Waals surface area contributed by atoms with E-state index in [-0.39, 0.29) is 5.97 Å². The van der Waals surface area contributed by atoms with E-state index in [9.17, 15) is 4.79 Å². The molecule has 0 N–H and O–H groups in total. The van der Waals surface area contributed by atoms with Crippen molar-refractivity contribution in [1.29, 1.82) is 0 Å². The number of ether oxygens (including phenoxy) is 1. The topological polar surface area (TPSA) is 26.3 Å². The molecule has 0 aromatic heterocycles. The van der Waals surface area contributed by atoms with Crippen molar-refractivity contribution in [2.75, 3.05) is 7.11 Å². The van der Waals surface area contributed by atoms with Crippen molar-refractivity contribution in [3.05, 3.63) is 47.5 Å². The molecule has 1 rings (SSSR count). The van der Waals surface area contributed by atoms with Crippen LogP contribution in [0.15, 0.2) is 42.0 Å². The standard InChI is InChI=1S/C18H26O2/c1-13(2)16(15-10-8-7-9-11-15)12-14(3)18(4,5)17(19)20-6/h7-13,16H,1-6H3/b14-12+. The Morgan fingerprint density at radius 2 is 1.75 bits per heavy atom. The van der Waals surface area contributed by atoms with Crippen molar-refractivity contribution < 1.29 is 9.53 Å². The Bertz CT molecular complexity index is 469. The normalized spacial score (nSPS) is 14.2. The van der Waals surface area contributed by atoms with Crippen molar-refractivity contribution in [1.82, 2.24) is 0 Å². The molecule has 0 heterocycles. The molecule has 1 unspecified atom stereocenters. The van der Waals surface area contributed by atoms with Gasteiger partial charge in [-0.15, -0.1) is 0 Å². The van der Waals surface area contributed by atoms with E-state index in [1.165, 1.54) is 12.7 Å². The van der Waals surface area contributed by atoms with Crippen LogP contribution >= 0.6 is 0 Å². The molecule has 0 aliphatic heterocycles. The van der Waals surface area contributed by atoms with Crippen molar-refractivity contribution >= 4 is 5.97 Å². The Morgan fingerprint density at radius 1 is 1.20 bits per heavy atom. The maximum Gasteiger partial charge on any atom is 0.315 e. The molecule has 0 spiro atoms. The average Bonchev–Trinajstić information content (AvgIpc) is 2.43. The van der Waals surface area contributed by atoms with Gasteiger partial charge in [0.05, 0.1) is 12.5 Å². The molecule has 1 atom stereocenters. The van der Waals surface area contributed by atoms with Gasteiger partial charge in [-0.3, -0.25) is 4.79 Å². The summed E-state index contributed by atoms with van der Waals surface area (Å²) in [6, 6.07) is 10.4. The summed E-state index contributed by atoms with van der Waals surface area (Å²) < 4.78 is 4.90. The van der Waals surface area contributed by atoms with E-state index in [1.54, 1.807) is 0 Å². The quantitative estimate of drug-likeness (QED) is 0.580. The lowest BCUT2D eigenvalue weighted by Gasteiger charge is -2.26. The predicted molar refractivity (Wildman–Crippen MR) is 83.6 cm³/mol. The third-order valence-electron chi connectivity index (χ3n) is 4.01. The highest BCUT2D eigenvalue weighted by atomic mass is 16.5. The molecule has 110 valence electrons. The number of hydrogen-bond acceptors (Lipinski definition) is 2. The van der Waals surface area contributed by atoms with E-state index in [1.807, 2.05) is 26.8 Å². The van der Waals surface area contributed by atoms with Crippen LogP contribution in [0.2, 0.25) is 0 Å². The summed E-state index contributed by atoms with van der Waals surface area (Å²) in [5.74, 6) is 0.586. The van der Waals surface area contributed by atoms with Gasteiger partial charge >= 0.3 is 5.97 Å². The van der Waals surface area contributed by atoms with Gasteiger partial charge in [-0.1, -0.05) is 55.8 Å². The lowest BCUT2D eigenvalue weighted by atomic mass is 9.79. The van der Waals surface area contributed by atoms with Crippen LogP contribution in [0.25, 0.3) is 0 Å². The number of methoxy groups -OCH3 is 1. The van der Waals surface area contributed by atoms with Crippen LogP contribution in [0.5, 0.6) is 0 Å². The van der Waals surface area contributed by atoms with Crippen LogP contribution in [-0.2, 0) is 9.53 Å². The molecule has 1 aromatic rings. The first-order chi connectivity index (χ1) is 9.30. The second-order valence-electron chi connectivity index (χ2n) is 6.15. The van der Waals surface area contributed by atoms with E-state index in [0.29, 0.717) is 11.8 Å². The summed E-state index contributed by atoms with van der Waals surface area (Å²) in [5, 5.41) is 0. The predicted octanol–water partition coefficient (Wildman–Crippen LogP) is 4.57. The van der Waals surface area contributed by atoms with Gasteiger partial charge in [0.1, 0.15) is 0 Å². The zero-order valence-electron chi connectivity index (χ0n) is 13.4. The van der Waals surface area contributed by atoms with Crippen LogP contribution in [0, 0.1) is 11.3 Å². The molecule has 0 fully saturated rings. The maximum atomic E-state index is 11.9. The van der Waals surface area contributed by atoms with Gasteiger partial charge in [0.25, 0.3) is 0 Å². The Morgan fingerprint density at radius 3 is 2.20 bits per heavy atom. The molecule has 0 radical (unpaired) electrons. The average molecular weight is 274 g/mol. The van der Waals surface area contributed by atoms with Gasteiger partial charge in [0.15, 0.2) is 0 Å². The minimum Gasteiger partial charge on any atom is -0.468 e. The fourth-order valence-corrected chi connectivity index (χ4v) is 2.24. The summed E-state index contributed by atoms with van der Waals surface area (Å²) in [6.45, 7) is 10.2. The van der Waals surface area contributed by atoms with Gasteiger partial charge in [0, 0.05) is 5.92 Å². The lowest BCUT2D eigenvalue weighted by Crippen LogP contribution is -2.27. The molecule has 0 aliphatic carbocycles. The summed E-state index contributed by atoms with van der Waals surface area (Å²) in [6.07, 6.45) is 2.21. The third-order valence-corrected chi connectivity index (χ3v) is 4.01. The van der Waals surface area contributed by atoms with E-state index in [2.05, 4.69) is 44.2 Å². The second kappa shape index (κ2) is 6.74. The largest absolute Gasteiger partial charge is 0.468 e. The van der Waals surface area contributed by atoms with Crippen LogP contribution in [0.4, 0.5) is 0 Å². The molecule has 0 amide bonds. The monoisotopic (exact) mass is 274 g/mol.